The fraction of sp³-hybridized carbons (Fsp3) is 0.333. The van der Waals surface area contributed by atoms with Gasteiger partial charge in [-0.25, -0.2) is 13.2 Å². The molecule has 1 atom stereocenters. The molecule has 3 aromatic carbocycles. The molecular weight excluding hydrogens is 661 g/mol. The third kappa shape index (κ3) is 8.14. The summed E-state index contributed by atoms with van der Waals surface area (Å²) in [6, 6.07) is 15.3. The number of hydrogen-bond acceptors (Lipinski definition) is 5. The molecule has 1 aliphatic rings. The molecule has 1 fully saturated rings. The summed E-state index contributed by atoms with van der Waals surface area (Å²) < 4.78 is 44.8. The number of aromatic nitrogens is 1. The Morgan fingerprint density at radius 1 is 1.06 bits per heavy atom. The lowest BCUT2D eigenvalue weighted by molar-refractivity contribution is -0.140. The second kappa shape index (κ2) is 14.8. The Balaban J connectivity index is 1.33. The molecule has 1 saturated heterocycles. The number of likely N-dealkylation sites (tertiary alicyclic amines) is 1. The molecule has 0 spiro atoms. The third-order valence-electron chi connectivity index (χ3n) is 8.60. The maximum Gasteiger partial charge on any atom is 0.265 e. The highest BCUT2D eigenvalue weighted by Gasteiger charge is 2.37. The largest absolute Gasteiger partial charge is 0.394 e. The number of Topliss-reactive ketones (excluding diaryl/α,β-unsaturated/α-hetero) is 1. The Bertz CT molecular complexity index is 1910. The minimum Gasteiger partial charge on any atom is -0.394 e. The van der Waals surface area contributed by atoms with E-state index in [0.29, 0.717) is 27.1 Å². The summed E-state index contributed by atoms with van der Waals surface area (Å²) in [6.07, 6.45) is 1.32. The van der Waals surface area contributed by atoms with Crippen molar-refractivity contribution in [1.82, 2.24) is 14.4 Å². The number of amides is 3. The standard InChI is InChI=1S/C36H36ClF3N4O5/c1-22(20-45)44(18-32(47)41-30-10-5-8-26(35(30)38)25-7-3-4-9-29(25)37)34(49)19-43-17-28(23(2)46)27-15-24(11-12-31(27)43)16-33(48)42-14-6-13-36(39,40)21-42/h3-5,7-12,15,17,22,45H,6,13-14,16,18-21H2,1-2H3,(H,41,47)/t22-/m1/s1. The first-order valence-electron chi connectivity index (χ1n) is 15.8. The van der Waals surface area contributed by atoms with E-state index in [1.807, 2.05) is 0 Å². The molecule has 9 nitrogen and oxygen atoms in total. The number of alkyl halides is 2. The molecular formula is C36H36ClF3N4O5. The van der Waals surface area contributed by atoms with Crippen LogP contribution in [-0.2, 0) is 27.3 Å². The van der Waals surface area contributed by atoms with Gasteiger partial charge in [0.2, 0.25) is 17.7 Å². The number of ketones is 1. The summed E-state index contributed by atoms with van der Waals surface area (Å²) >= 11 is 6.25. The van der Waals surface area contributed by atoms with E-state index in [2.05, 4.69) is 5.32 Å². The first kappa shape index (κ1) is 35.6. The first-order chi connectivity index (χ1) is 23.3. The Morgan fingerprint density at radius 2 is 1.80 bits per heavy atom. The molecule has 0 aliphatic carbocycles. The van der Waals surface area contributed by atoms with Crippen LogP contribution < -0.4 is 5.32 Å². The molecule has 0 radical (unpaired) electrons. The second-order valence-electron chi connectivity index (χ2n) is 12.3. The predicted molar refractivity (Wildman–Crippen MR) is 180 cm³/mol. The van der Waals surface area contributed by atoms with Gasteiger partial charge in [0, 0.05) is 51.8 Å². The van der Waals surface area contributed by atoms with Gasteiger partial charge in [0.1, 0.15) is 13.1 Å². The van der Waals surface area contributed by atoms with Crippen LogP contribution in [0.15, 0.2) is 66.9 Å². The highest BCUT2D eigenvalue weighted by molar-refractivity contribution is 6.33. The molecule has 13 heteroatoms. The molecule has 2 N–H and O–H groups in total. The molecule has 49 heavy (non-hydrogen) atoms. The summed E-state index contributed by atoms with van der Waals surface area (Å²) in [5, 5.41) is 13.2. The van der Waals surface area contributed by atoms with E-state index in [1.165, 1.54) is 29.8 Å². The number of anilines is 1. The zero-order valence-corrected chi connectivity index (χ0v) is 27.8. The van der Waals surface area contributed by atoms with E-state index in [4.69, 9.17) is 11.6 Å². The summed E-state index contributed by atoms with van der Waals surface area (Å²) in [6.45, 7) is 1.27. The van der Waals surface area contributed by atoms with Crippen molar-refractivity contribution in [3.8, 4) is 11.1 Å². The van der Waals surface area contributed by atoms with Crippen LogP contribution in [0.1, 0.15) is 42.6 Å². The molecule has 0 unspecified atom stereocenters. The van der Waals surface area contributed by atoms with Crippen molar-refractivity contribution in [2.24, 2.45) is 0 Å². The number of carbonyl (C=O) groups is 4. The molecule has 258 valence electrons. The van der Waals surface area contributed by atoms with Crippen molar-refractivity contribution in [3.05, 3.63) is 88.8 Å². The Hall–Kier alpha value is -4.68. The van der Waals surface area contributed by atoms with Crippen LogP contribution in [0, 0.1) is 5.82 Å². The van der Waals surface area contributed by atoms with Crippen LogP contribution in [0.3, 0.4) is 0 Å². The molecule has 5 rings (SSSR count). The smallest absolute Gasteiger partial charge is 0.265 e. The lowest BCUT2D eigenvalue weighted by Gasteiger charge is -2.32. The molecule has 1 aromatic heterocycles. The molecule has 0 saturated carbocycles. The predicted octanol–water partition coefficient (Wildman–Crippen LogP) is 5.95. The SMILES string of the molecule is CC(=O)c1cn(CC(=O)N(CC(=O)Nc2cccc(-c3ccccc3Cl)c2F)[C@H](C)CO)c2ccc(CC(=O)N3CCCC(F)(F)C3)cc12. The molecule has 0 bridgehead atoms. The van der Waals surface area contributed by atoms with Crippen LogP contribution in [-0.4, -0.2) is 81.2 Å². The number of rotatable bonds is 11. The van der Waals surface area contributed by atoms with Gasteiger partial charge in [-0.1, -0.05) is 48.0 Å². The van der Waals surface area contributed by atoms with E-state index in [0.717, 1.165) is 9.80 Å². The fourth-order valence-corrected chi connectivity index (χ4v) is 6.25. The van der Waals surface area contributed by atoms with Crippen molar-refractivity contribution in [2.45, 2.75) is 51.6 Å². The first-order valence-corrected chi connectivity index (χ1v) is 16.2. The summed E-state index contributed by atoms with van der Waals surface area (Å²) in [5.74, 6) is -5.63. The lowest BCUT2D eigenvalue weighted by Crippen LogP contribution is -2.46. The van der Waals surface area contributed by atoms with E-state index < -0.39 is 55.2 Å². The van der Waals surface area contributed by atoms with Gasteiger partial charge in [-0.05, 0) is 50.1 Å². The highest BCUT2D eigenvalue weighted by Crippen LogP contribution is 2.33. The highest BCUT2D eigenvalue weighted by atomic mass is 35.5. The Kier molecular flexibility index (Phi) is 10.8. The summed E-state index contributed by atoms with van der Waals surface area (Å²) in [5.41, 5.74) is 1.82. The topological polar surface area (TPSA) is 112 Å². The zero-order chi connectivity index (χ0) is 35.5. The van der Waals surface area contributed by atoms with Crippen molar-refractivity contribution in [1.29, 1.82) is 0 Å². The van der Waals surface area contributed by atoms with Crippen molar-refractivity contribution < 1.29 is 37.5 Å². The van der Waals surface area contributed by atoms with E-state index >= 15 is 4.39 Å². The van der Waals surface area contributed by atoms with Crippen LogP contribution in [0.4, 0.5) is 18.9 Å². The van der Waals surface area contributed by atoms with Crippen molar-refractivity contribution in [2.75, 3.05) is 31.6 Å². The van der Waals surface area contributed by atoms with Crippen LogP contribution >= 0.6 is 11.6 Å². The van der Waals surface area contributed by atoms with Gasteiger partial charge in [0.25, 0.3) is 5.92 Å². The number of fused-ring (bicyclic) bond motifs is 1. The van der Waals surface area contributed by atoms with Crippen LogP contribution in [0.2, 0.25) is 5.02 Å². The number of hydrogen-bond donors (Lipinski definition) is 2. The van der Waals surface area contributed by atoms with Gasteiger partial charge in [0.05, 0.1) is 31.3 Å². The third-order valence-corrected chi connectivity index (χ3v) is 8.93. The minimum atomic E-state index is -2.93. The Labute approximate surface area is 286 Å². The number of nitrogens with zero attached hydrogens (tertiary/aromatic N) is 3. The van der Waals surface area contributed by atoms with Crippen LogP contribution in [0.25, 0.3) is 22.0 Å². The number of halogens is 4. The van der Waals surface area contributed by atoms with E-state index in [9.17, 15) is 33.1 Å². The molecule has 1 aliphatic heterocycles. The van der Waals surface area contributed by atoms with E-state index in [-0.39, 0.29) is 54.9 Å². The van der Waals surface area contributed by atoms with E-state index in [1.54, 1.807) is 55.5 Å². The number of aliphatic hydroxyl groups is 1. The normalized spacial score (nSPS) is 14.8. The molecule has 3 amide bonds. The van der Waals surface area contributed by atoms with Gasteiger partial charge in [-0.15, -0.1) is 0 Å². The quantitative estimate of drug-likeness (QED) is 0.188. The minimum absolute atomic E-state index is 0.114. The number of aliphatic hydroxyl groups excluding tert-OH is 1. The summed E-state index contributed by atoms with van der Waals surface area (Å²) in [4.78, 5) is 54.5. The van der Waals surface area contributed by atoms with Gasteiger partial charge < -0.3 is 24.8 Å². The number of carbonyl (C=O) groups excluding carboxylic acids is 4. The lowest BCUT2D eigenvalue weighted by atomic mass is 10.0. The number of benzene rings is 3. The average molecular weight is 697 g/mol. The van der Waals surface area contributed by atoms with Crippen molar-refractivity contribution in [3.63, 3.8) is 0 Å². The van der Waals surface area contributed by atoms with Crippen LogP contribution in [0.5, 0.6) is 0 Å². The van der Waals surface area contributed by atoms with Gasteiger partial charge in [-0.3, -0.25) is 19.2 Å². The Morgan fingerprint density at radius 3 is 2.49 bits per heavy atom. The number of nitrogens with one attached hydrogen (secondary N) is 1. The van der Waals surface area contributed by atoms with Gasteiger partial charge >= 0.3 is 0 Å². The van der Waals surface area contributed by atoms with Gasteiger partial charge in [-0.2, -0.15) is 0 Å². The maximum atomic E-state index is 15.5. The average Bonchev–Trinajstić information content (AvgIpc) is 3.41. The summed E-state index contributed by atoms with van der Waals surface area (Å²) in [7, 11) is 0. The molecule has 2 heterocycles. The monoisotopic (exact) mass is 696 g/mol. The fourth-order valence-electron chi connectivity index (χ4n) is 6.02. The molecule has 4 aromatic rings. The number of piperidine rings is 1. The second-order valence-corrected chi connectivity index (χ2v) is 12.7. The van der Waals surface area contributed by atoms with Gasteiger partial charge in [0.15, 0.2) is 11.6 Å². The maximum absolute atomic E-state index is 15.5. The van der Waals surface area contributed by atoms with Crippen molar-refractivity contribution >= 4 is 51.7 Å². The zero-order valence-electron chi connectivity index (χ0n) is 27.0.